The molecule has 3 nitrogen and oxygen atoms in total. The summed E-state index contributed by atoms with van der Waals surface area (Å²) < 4.78 is 0. The largest absolute Gasteiger partial charge is 0.370 e. The zero-order chi connectivity index (χ0) is 13.9. The molecular weight excluding hydrogens is 270 g/mol. The standard InChI is InChI=1S/C16H24ClN3/c1-2-8-18-16-7-6-14(17)15(19-16)11-20-9-12-4-3-5-13(12)10-20/h6-7,12-13H,2-5,8-11H2,1H3,(H,18,19). The highest BCUT2D eigenvalue weighted by molar-refractivity contribution is 6.31. The normalized spacial score (nSPS) is 25.9. The summed E-state index contributed by atoms with van der Waals surface area (Å²) in [7, 11) is 0. The van der Waals surface area contributed by atoms with Crippen molar-refractivity contribution >= 4 is 17.4 Å². The van der Waals surface area contributed by atoms with E-state index in [2.05, 4.69) is 22.1 Å². The van der Waals surface area contributed by atoms with Gasteiger partial charge in [0.2, 0.25) is 0 Å². The Morgan fingerprint density at radius 1 is 1.30 bits per heavy atom. The molecule has 1 saturated heterocycles. The molecule has 2 unspecified atom stereocenters. The van der Waals surface area contributed by atoms with E-state index in [0.29, 0.717) is 0 Å². The first-order valence-electron chi connectivity index (χ1n) is 7.88. The third-order valence-electron chi connectivity index (χ3n) is 4.65. The van der Waals surface area contributed by atoms with Crippen LogP contribution < -0.4 is 5.32 Å². The fraction of sp³-hybridized carbons (Fsp3) is 0.688. The lowest BCUT2D eigenvalue weighted by Crippen LogP contribution is -2.22. The molecule has 110 valence electrons. The summed E-state index contributed by atoms with van der Waals surface area (Å²) in [6, 6.07) is 3.94. The van der Waals surface area contributed by atoms with Crippen molar-refractivity contribution in [3.63, 3.8) is 0 Å². The summed E-state index contributed by atoms with van der Waals surface area (Å²) in [5, 5.41) is 4.13. The molecule has 0 aromatic carbocycles. The molecule has 1 aliphatic heterocycles. The van der Waals surface area contributed by atoms with Gasteiger partial charge in [-0.05, 0) is 43.2 Å². The summed E-state index contributed by atoms with van der Waals surface area (Å²) >= 11 is 6.31. The topological polar surface area (TPSA) is 28.2 Å². The third-order valence-corrected chi connectivity index (χ3v) is 4.99. The molecule has 4 heteroatoms. The maximum atomic E-state index is 6.31. The van der Waals surface area contributed by atoms with E-state index in [0.717, 1.165) is 47.9 Å². The predicted molar refractivity (Wildman–Crippen MR) is 84.1 cm³/mol. The fourth-order valence-electron chi connectivity index (χ4n) is 3.62. The zero-order valence-corrected chi connectivity index (χ0v) is 13.0. The van der Waals surface area contributed by atoms with E-state index >= 15 is 0 Å². The number of hydrogen-bond acceptors (Lipinski definition) is 3. The molecule has 1 saturated carbocycles. The van der Waals surface area contributed by atoms with Crippen LogP contribution in [0.15, 0.2) is 12.1 Å². The lowest BCUT2D eigenvalue weighted by molar-refractivity contribution is 0.300. The number of nitrogens with zero attached hydrogens (tertiary/aromatic N) is 2. The van der Waals surface area contributed by atoms with Crippen molar-refractivity contribution in [3.8, 4) is 0 Å². The Balaban J connectivity index is 1.64. The Hall–Kier alpha value is -0.800. The molecule has 2 fully saturated rings. The smallest absolute Gasteiger partial charge is 0.126 e. The first-order valence-corrected chi connectivity index (χ1v) is 8.25. The monoisotopic (exact) mass is 293 g/mol. The first-order chi connectivity index (χ1) is 9.76. The second kappa shape index (κ2) is 6.31. The molecule has 1 aromatic rings. The van der Waals surface area contributed by atoms with Gasteiger partial charge in [-0.15, -0.1) is 0 Å². The molecule has 2 aliphatic rings. The number of nitrogens with one attached hydrogen (secondary N) is 1. The minimum Gasteiger partial charge on any atom is -0.370 e. The van der Waals surface area contributed by atoms with Crippen molar-refractivity contribution in [2.24, 2.45) is 11.8 Å². The van der Waals surface area contributed by atoms with E-state index in [1.54, 1.807) is 0 Å². The van der Waals surface area contributed by atoms with Gasteiger partial charge in [0.1, 0.15) is 5.82 Å². The minimum atomic E-state index is 0.795. The molecular formula is C16H24ClN3. The van der Waals surface area contributed by atoms with Crippen molar-refractivity contribution in [1.82, 2.24) is 9.88 Å². The Kier molecular flexibility index (Phi) is 4.47. The Morgan fingerprint density at radius 2 is 2.05 bits per heavy atom. The van der Waals surface area contributed by atoms with Gasteiger partial charge in [-0.3, -0.25) is 4.90 Å². The van der Waals surface area contributed by atoms with E-state index in [1.165, 1.54) is 32.4 Å². The summed E-state index contributed by atoms with van der Waals surface area (Å²) in [4.78, 5) is 7.22. The molecule has 1 aromatic heterocycles. The Labute approximate surface area is 126 Å². The van der Waals surface area contributed by atoms with Crippen molar-refractivity contribution in [1.29, 1.82) is 0 Å². The molecule has 0 radical (unpaired) electrons. The van der Waals surface area contributed by atoms with Crippen LogP contribution in [0.2, 0.25) is 5.02 Å². The van der Waals surface area contributed by atoms with Gasteiger partial charge in [-0.25, -0.2) is 4.98 Å². The van der Waals surface area contributed by atoms with Gasteiger partial charge in [-0.2, -0.15) is 0 Å². The molecule has 0 amide bonds. The molecule has 0 spiro atoms. The van der Waals surface area contributed by atoms with Crippen LogP contribution >= 0.6 is 11.6 Å². The number of hydrogen-bond donors (Lipinski definition) is 1. The number of halogens is 1. The highest BCUT2D eigenvalue weighted by Gasteiger charge is 2.36. The maximum Gasteiger partial charge on any atom is 0.126 e. The van der Waals surface area contributed by atoms with E-state index in [4.69, 9.17) is 11.6 Å². The minimum absolute atomic E-state index is 0.795. The lowest BCUT2D eigenvalue weighted by Gasteiger charge is -2.17. The van der Waals surface area contributed by atoms with Gasteiger partial charge in [0.15, 0.2) is 0 Å². The average molecular weight is 294 g/mol. The highest BCUT2D eigenvalue weighted by Crippen LogP contribution is 2.38. The van der Waals surface area contributed by atoms with Crippen LogP contribution in [0, 0.1) is 11.8 Å². The molecule has 3 rings (SSSR count). The zero-order valence-electron chi connectivity index (χ0n) is 12.2. The molecule has 1 N–H and O–H groups in total. The van der Waals surface area contributed by atoms with E-state index in [1.807, 2.05) is 12.1 Å². The lowest BCUT2D eigenvalue weighted by atomic mass is 10.0. The van der Waals surface area contributed by atoms with Crippen LogP contribution in [0.4, 0.5) is 5.82 Å². The molecule has 2 atom stereocenters. The maximum absolute atomic E-state index is 6.31. The van der Waals surface area contributed by atoms with E-state index in [-0.39, 0.29) is 0 Å². The predicted octanol–water partition coefficient (Wildman–Crippen LogP) is 3.79. The summed E-state index contributed by atoms with van der Waals surface area (Å²) in [6.45, 7) is 6.48. The second-order valence-corrected chi connectivity index (χ2v) is 6.60. The van der Waals surface area contributed by atoms with Crippen LogP contribution in [0.3, 0.4) is 0 Å². The SMILES string of the molecule is CCCNc1ccc(Cl)c(CN2CC3CCCC3C2)n1. The number of aromatic nitrogens is 1. The van der Waals surface area contributed by atoms with Crippen LogP contribution in [0.5, 0.6) is 0 Å². The van der Waals surface area contributed by atoms with Gasteiger partial charge < -0.3 is 5.32 Å². The third kappa shape index (κ3) is 3.09. The van der Waals surface area contributed by atoms with Gasteiger partial charge in [0, 0.05) is 26.2 Å². The summed E-state index contributed by atoms with van der Waals surface area (Å²) in [5.74, 6) is 2.80. The van der Waals surface area contributed by atoms with Crippen LogP contribution in [-0.4, -0.2) is 29.5 Å². The van der Waals surface area contributed by atoms with Crippen LogP contribution in [-0.2, 0) is 6.54 Å². The van der Waals surface area contributed by atoms with Crippen molar-refractivity contribution in [2.45, 2.75) is 39.2 Å². The molecule has 1 aliphatic carbocycles. The average Bonchev–Trinajstić information content (AvgIpc) is 3.00. The van der Waals surface area contributed by atoms with Gasteiger partial charge in [0.05, 0.1) is 10.7 Å². The second-order valence-electron chi connectivity index (χ2n) is 6.20. The molecule has 2 heterocycles. The highest BCUT2D eigenvalue weighted by atomic mass is 35.5. The first kappa shape index (κ1) is 14.2. The molecule has 0 bridgehead atoms. The quantitative estimate of drug-likeness (QED) is 0.895. The summed E-state index contributed by atoms with van der Waals surface area (Å²) in [6.07, 6.45) is 5.37. The number of pyridine rings is 1. The Morgan fingerprint density at radius 3 is 2.75 bits per heavy atom. The number of anilines is 1. The summed E-state index contributed by atoms with van der Waals surface area (Å²) in [5.41, 5.74) is 1.02. The van der Waals surface area contributed by atoms with Gasteiger partial charge in [0.25, 0.3) is 0 Å². The van der Waals surface area contributed by atoms with Gasteiger partial charge in [-0.1, -0.05) is 24.9 Å². The number of rotatable bonds is 5. The van der Waals surface area contributed by atoms with Crippen molar-refractivity contribution < 1.29 is 0 Å². The van der Waals surface area contributed by atoms with E-state index < -0.39 is 0 Å². The molecule has 20 heavy (non-hydrogen) atoms. The van der Waals surface area contributed by atoms with Crippen LogP contribution in [0.25, 0.3) is 0 Å². The van der Waals surface area contributed by atoms with Gasteiger partial charge >= 0.3 is 0 Å². The number of likely N-dealkylation sites (tertiary alicyclic amines) is 1. The fourth-order valence-corrected chi connectivity index (χ4v) is 3.78. The Bertz CT molecular complexity index is 451. The van der Waals surface area contributed by atoms with Crippen molar-refractivity contribution in [2.75, 3.05) is 25.0 Å². The van der Waals surface area contributed by atoms with Crippen molar-refractivity contribution in [3.05, 3.63) is 22.8 Å². The van der Waals surface area contributed by atoms with E-state index in [9.17, 15) is 0 Å². The number of fused-ring (bicyclic) bond motifs is 1. The van der Waals surface area contributed by atoms with Crippen LogP contribution in [0.1, 0.15) is 38.3 Å².